The van der Waals surface area contributed by atoms with E-state index < -0.39 is 8.07 Å². The maximum atomic E-state index is 13.0. The average Bonchev–Trinajstić information content (AvgIpc) is 2.26. The second-order valence-corrected chi connectivity index (χ2v) is 11.9. The van der Waals surface area contributed by atoms with Crippen LogP contribution in [0.15, 0.2) is 22.7 Å². The number of benzene rings is 1. The maximum absolute atomic E-state index is 13.0. The van der Waals surface area contributed by atoms with Gasteiger partial charge in [0.25, 0.3) is 0 Å². The highest BCUT2D eigenvalue weighted by Gasteiger charge is 2.11. The number of hydrogen-bond acceptors (Lipinski definition) is 2. The van der Waals surface area contributed by atoms with Crippen LogP contribution in [0.2, 0.25) is 25.7 Å². The van der Waals surface area contributed by atoms with E-state index in [9.17, 15) is 4.39 Å². The van der Waals surface area contributed by atoms with E-state index in [1.54, 1.807) is 6.07 Å². The molecule has 1 aromatic carbocycles. The van der Waals surface area contributed by atoms with Crippen molar-refractivity contribution in [3.05, 3.63) is 34.1 Å². The van der Waals surface area contributed by atoms with Gasteiger partial charge in [-0.2, -0.15) is 0 Å². The van der Waals surface area contributed by atoms with Crippen molar-refractivity contribution in [2.24, 2.45) is 0 Å². The summed E-state index contributed by atoms with van der Waals surface area (Å²) in [4.78, 5) is 0. The molecule has 18 heavy (non-hydrogen) atoms. The largest absolute Gasteiger partial charge is 0.356 e. The van der Waals surface area contributed by atoms with Crippen molar-refractivity contribution in [3.8, 4) is 0 Å². The minimum absolute atomic E-state index is 0.253. The molecule has 1 rings (SSSR count). The summed E-state index contributed by atoms with van der Waals surface area (Å²) in [6.45, 7) is 8.27. The highest BCUT2D eigenvalue weighted by Crippen LogP contribution is 2.18. The van der Waals surface area contributed by atoms with Crippen LogP contribution < -0.4 is 0 Å². The molecule has 0 amide bonds. The lowest BCUT2D eigenvalue weighted by atomic mass is 10.2. The van der Waals surface area contributed by atoms with Gasteiger partial charge in [-0.1, -0.05) is 35.6 Å². The maximum Gasteiger partial charge on any atom is 0.147 e. The van der Waals surface area contributed by atoms with E-state index in [-0.39, 0.29) is 12.6 Å². The summed E-state index contributed by atoms with van der Waals surface area (Å²) in [6.07, 6.45) is 0. The van der Waals surface area contributed by atoms with Crippen molar-refractivity contribution in [2.75, 3.05) is 13.4 Å². The Bertz CT molecular complexity index is 380. The van der Waals surface area contributed by atoms with E-state index in [1.807, 2.05) is 0 Å². The Morgan fingerprint density at radius 2 is 1.94 bits per heavy atom. The third-order valence-corrected chi connectivity index (χ3v) is 4.91. The average molecular weight is 335 g/mol. The lowest BCUT2D eigenvalue weighted by Gasteiger charge is -2.15. The minimum atomic E-state index is -1.04. The van der Waals surface area contributed by atoms with Crippen molar-refractivity contribution in [3.63, 3.8) is 0 Å². The molecule has 0 saturated carbocycles. The monoisotopic (exact) mass is 334 g/mol. The Balaban J connectivity index is 2.20. The minimum Gasteiger partial charge on any atom is -0.356 e. The fourth-order valence-electron chi connectivity index (χ4n) is 1.30. The van der Waals surface area contributed by atoms with Gasteiger partial charge in [0.2, 0.25) is 0 Å². The molecule has 0 unspecified atom stereocenters. The molecule has 0 bridgehead atoms. The van der Waals surface area contributed by atoms with Crippen LogP contribution in [0, 0.1) is 5.82 Å². The number of ether oxygens (including phenoxy) is 2. The van der Waals surface area contributed by atoms with Gasteiger partial charge in [0.1, 0.15) is 12.6 Å². The Morgan fingerprint density at radius 1 is 1.22 bits per heavy atom. The van der Waals surface area contributed by atoms with Gasteiger partial charge in [0.15, 0.2) is 0 Å². The highest BCUT2D eigenvalue weighted by molar-refractivity contribution is 9.10. The molecule has 0 fully saturated rings. The van der Waals surface area contributed by atoms with Gasteiger partial charge in [-0.05, 0) is 29.8 Å². The molecule has 0 atom stereocenters. The molecular formula is C13H20BrFO2Si. The molecule has 0 N–H and O–H groups in total. The molecule has 0 spiro atoms. The molecule has 0 aromatic heterocycles. The van der Waals surface area contributed by atoms with E-state index >= 15 is 0 Å². The van der Waals surface area contributed by atoms with Crippen molar-refractivity contribution in [1.82, 2.24) is 0 Å². The summed E-state index contributed by atoms with van der Waals surface area (Å²) in [7, 11) is -1.04. The van der Waals surface area contributed by atoms with Crippen molar-refractivity contribution < 1.29 is 13.9 Å². The fraction of sp³-hybridized carbons (Fsp3) is 0.538. The first-order valence-electron chi connectivity index (χ1n) is 5.98. The smallest absolute Gasteiger partial charge is 0.147 e. The first-order valence-corrected chi connectivity index (χ1v) is 10.5. The van der Waals surface area contributed by atoms with Crippen LogP contribution in [0.1, 0.15) is 5.56 Å². The van der Waals surface area contributed by atoms with Crippen molar-refractivity contribution >= 4 is 24.0 Å². The Hall–Kier alpha value is -0.233. The Labute approximate surface area is 118 Å². The molecule has 1 aromatic rings. The molecule has 102 valence electrons. The molecule has 0 aliphatic heterocycles. The van der Waals surface area contributed by atoms with Crippen LogP contribution in [-0.4, -0.2) is 21.5 Å². The molecule has 0 heterocycles. The summed E-state index contributed by atoms with van der Waals surface area (Å²) in [5.41, 5.74) is 0.795. The molecule has 0 aliphatic carbocycles. The lowest BCUT2D eigenvalue weighted by molar-refractivity contribution is -0.0575. The van der Waals surface area contributed by atoms with Crippen LogP contribution in [-0.2, 0) is 16.1 Å². The number of rotatable bonds is 7. The van der Waals surface area contributed by atoms with Crippen LogP contribution in [0.4, 0.5) is 4.39 Å². The van der Waals surface area contributed by atoms with Crippen LogP contribution in [0.5, 0.6) is 0 Å². The zero-order chi connectivity index (χ0) is 13.6. The predicted molar refractivity (Wildman–Crippen MR) is 77.9 cm³/mol. The fourth-order valence-corrected chi connectivity index (χ4v) is 2.42. The summed E-state index contributed by atoms with van der Waals surface area (Å²) in [6, 6.07) is 5.68. The molecule has 5 heteroatoms. The zero-order valence-electron chi connectivity index (χ0n) is 11.1. The SMILES string of the molecule is C[Si](C)(C)CCOCOCc1cc(F)ccc1Br. The first-order chi connectivity index (χ1) is 8.38. The third-order valence-electron chi connectivity index (χ3n) is 2.43. The Kier molecular flexibility index (Phi) is 6.49. The van der Waals surface area contributed by atoms with Crippen molar-refractivity contribution in [1.29, 1.82) is 0 Å². The first kappa shape index (κ1) is 15.8. The zero-order valence-corrected chi connectivity index (χ0v) is 13.7. The summed E-state index contributed by atoms with van der Waals surface area (Å²) in [5, 5.41) is 0. The summed E-state index contributed by atoms with van der Waals surface area (Å²) >= 11 is 3.36. The van der Waals surface area contributed by atoms with Crippen LogP contribution in [0.25, 0.3) is 0 Å². The van der Waals surface area contributed by atoms with Gasteiger partial charge >= 0.3 is 0 Å². The predicted octanol–water partition coefficient (Wildman–Crippen LogP) is 4.42. The molecule has 0 aliphatic rings. The molecule has 2 nitrogen and oxygen atoms in total. The summed E-state index contributed by atoms with van der Waals surface area (Å²) < 4.78 is 24.6. The topological polar surface area (TPSA) is 18.5 Å². The van der Waals surface area contributed by atoms with E-state index in [0.29, 0.717) is 6.61 Å². The summed E-state index contributed by atoms with van der Waals surface area (Å²) in [5.74, 6) is -0.253. The second-order valence-electron chi connectivity index (χ2n) is 5.42. The van der Waals surface area contributed by atoms with E-state index in [4.69, 9.17) is 9.47 Å². The lowest BCUT2D eigenvalue weighted by Crippen LogP contribution is -2.22. The normalized spacial score (nSPS) is 11.8. The molecule has 0 radical (unpaired) electrons. The third kappa shape index (κ3) is 6.63. The van der Waals surface area contributed by atoms with Gasteiger partial charge in [0, 0.05) is 19.2 Å². The van der Waals surface area contributed by atoms with Gasteiger partial charge in [-0.15, -0.1) is 0 Å². The molecular weight excluding hydrogens is 315 g/mol. The van der Waals surface area contributed by atoms with Gasteiger partial charge in [0.05, 0.1) is 6.61 Å². The van der Waals surface area contributed by atoms with Crippen LogP contribution >= 0.6 is 15.9 Å². The van der Waals surface area contributed by atoms with E-state index in [2.05, 4.69) is 35.6 Å². The van der Waals surface area contributed by atoms with E-state index in [0.717, 1.165) is 22.7 Å². The second kappa shape index (κ2) is 7.38. The van der Waals surface area contributed by atoms with Crippen molar-refractivity contribution in [2.45, 2.75) is 32.3 Å². The Morgan fingerprint density at radius 3 is 2.61 bits per heavy atom. The quantitative estimate of drug-likeness (QED) is 0.417. The highest BCUT2D eigenvalue weighted by atomic mass is 79.9. The number of hydrogen-bond donors (Lipinski definition) is 0. The van der Waals surface area contributed by atoms with Gasteiger partial charge in [-0.3, -0.25) is 0 Å². The van der Waals surface area contributed by atoms with Crippen LogP contribution in [0.3, 0.4) is 0 Å². The molecule has 0 saturated heterocycles. The number of halogens is 2. The standard InChI is InChI=1S/C13H20BrFO2Si/c1-18(2,3)7-6-16-10-17-9-11-8-12(15)4-5-13(11)14/h4-5,8H,6-7,9-10H2,1-3H3. The van der Waals surface area contributed by atoms with Gasteiger partial charge < -0.3 is 9.47 Å². The van der Waals surface area contributed by atoms with E-state index in [1.165, 1.54) is 12.1 Å². The van der Waals surface area contributed by atoms with Gasteiger partial charge in [-0.25, -0.2) is 4.39 Å².